The van der Waals surface area contributed by atoms with Crippen molar-refractivity contribution in [1.82, 2.24) is 4.98 Å². The molecule has 0 bridgehead atoms. The fourth-order valence-electron chi connectivity index (χ4n) is 3.05. The van der Waals surface area contributed by atoms with Crippen LogP contribution in [0.1, 0.15) is 10.4 Å². The van der Waals surface area contributed by atoms with Gasteiger partial charge in [0, 0.05) is 15.4 Å². The summed E-state index contributed by atoms with van der Waals surface area (Å²) < 4.78 is 6.03. The number of hydrogen-bond donors (Lipinski definition) is 0. The van der Waals surface area contributed by atoms with Crippen molar-refractivity contribution in [2.45, 2.75) is 0 Å². The number of aromatic nitrogens is 1. The number of ether oxygens (including phenoxy) is 1. The summed E-state index contributed by atoms with van der Waals surface area (Å²) in [5.41, 5.74) is 2.81. The SMILES string of the molecule is C#CCOC(=O)c1cc(-c2ccc3ccccc3c2)nc2ccc(Br)cc12. The molecule has 0 aliphatic carbocycles. The third-order valence-corrected chi connectivity index (χ3v) is 4.82. The average molecular weight is 416 g/mol. The zero-order chi connectivity index (χ0) is 18.8. The van der Waals surface area contributed by atoms with E-state index in [1.165, 1.54) is 0 Å². The lowest BCUT2D eigenvalue weighted by atomic mass is 10.0. The molecule has 1 heterocycles. The Morgan fingerprint density at radius 3 is 2.67 bits per heavy atom. The molecule has 0 spiro atoms. The minimum Gasteiger partial charge on any atom is -0.449 e. The Bertz CT molecular complexity index is 1220. The van der Waals surface area contributed by atoms with Crippen LogP contribution in [0.15, 0.2) is 71.2 Å². The number of rotatable bonds is 3. The van der Waals surface area contributed by atoms with Gasteiger partial charge in [-0.2, -0.15) is 0 Å². The molecule has 1 aromatic heterocycles. The normalized spacial score (nSPS) is 10.7. The third-order valence-electron chi connectivity index (χ3n) is 4.32. The summed E-state index contributed by atoms with van der Waals surface area (Å²) in [6.45, 7) is -0.0675. The van der Waals surface area contributed by atoms with E-state index < -0.39 is 5.97 Å². The van der Waals surface area contributed by atoms with Crippen LogP contribution in [0.2, 0.25) is 0 Å². The lowest BCUT2D eigenvalue weighted by Gasteiger charge is -2.10. The van der Waals surface area contributed by atoms with Gasteiger partial charge in [0.15, 0.2) is 6.61 Å². The van der Waals surface area contributed by atoms with Crippen LogP contribution in [-0.4, -0.2) is 17.6 Å². The number of hydrogen-bond acceptors (Lipinski definition) is 3. The van der Waals surface area contributed by atoms with Crippen LogP contribution >= 0.6 is 15.9 Å². The highest BCUT2D eigenvalue weighted by Crippen LogP contribution is 2.29. The number of fused-ring (bicyclic) bond motifs is 2. The monoisotopic (exact) mass is 415 g/mol. The first kappa shape index (κ1) is 17.3. The first-order valence-electron chi connectivity index (χ1n) is 8.36. The molecule has 3 nitrogen and oxygen atoms in total. The van der Waals surface area contributed by atoms with Crippen molar-refractivity contribution in [3.05, 3.63) is 76.8 Å². The number of carbonyl (C=O) groups excluding carboxylic acids is 1. The molecule has 0 N–H and O–H groups in total. The van der Waals surface area contributed by atoms with Gasteiger partial charge in [-0.05, 0) is 41.1 Å². The van der Waals surface area contributed by atoms with Crippen LogP contribution in [-0.2, 0) is 4.74 Å². The Kier molecular flexibility index (Phi) is 4.62. The predicted molar refractivity (Wildman–Crippen MR) is 112 cm³/mol. The average Bonchev–Trinajstić information content (AvgIpc) is 2.70. The predicted octanol–water partition coefficient (Wildman–Crippen LogP) is 5.61. The summed E-state index contributed by atoms with van der Waals surface area (Å²) in [7, 11) is 0. The van der Waals surface area contributed by atoms with Crippen molar-refractivity contribution >= 4 is 43.6 Å². The quantitative estimate of drug-likeness (QED) is 0.322. The molecule has 27 heavy (non-hydrogen) atoms. The second-order valence-electron chi connectivity index (χ2n) is 6.06. The first-order valence-corrected chi connectivity index (χ1v) is 9.15. The van der Waals surface area contributed by atoms with E-state index in [1.54, 1.807) is 6.07 Å². The number of pyridine rings is 1. The Hall–Kier alpha value is -3.16. The Balaban J connectivity index is 1.91. The van der Waals surface area contributed by atoms with Crippen molar-refractivity contribution in [2.75, 3.05) is 6.61 Å². The molecule has 130 valence electrons. The number of benzene rings is 3. The number of terminal acetylenes is 1. The first-order chi connectivity index (χ1) is 13.2. The summed E-state index contributed by atoms with van der Waals surface area (Å²) in [5, 5.41) is 2.99. The van der Waals surface area contributed by atoms with Crippen LogP contribution in [0.5, 0.6) is 0 Å². The highest BCUT2D eigenvalue weighted by Gasteiger charge is 2.15. The van der Waals surface area contributed by atoms with Crippen molar-refractivity contribution < 1.29 is 9.53 Å². The maximum atomic E-state index is 12.6. The van der Waals surface area contributed by atoms with E-state index in [2.05, 4.69) is 46.1 Å². The van der Waals surface area contributed by atoms with Gasteiger partial charge < -0.3 is 4.74 Å². The molecule has 0 saturated carbocycles. The van der Waals surface area contributed by atoms with E-state index in [0.29, 0.717) is 11.3 Å². The summed E-state index contributed by atoms with van der Waals surface area (Å²) in [5.74, 6) is 1.87. The Labute approximate surface area is 165 Å². The maximum Gasteiger partial charge on any atom is 0.339 e. The Morgan fingerprint density at radius 2 is 1.85 bits per heavy atom. The summed E-state index contributed by atoms with van der Waals surface area (Å²) in [6.07, 6.45) is 5.22. The van der Waals surface area contributed by atoms with Crippen LogP contribution in [0.4, 0.5) is 0 Å². The van der Waals surface area contributed by atoms with E-state index in [4.69, 9.17) is 16.1 Å². The second-order valence-corrected chi connectivity index (χ2v) is 6.97. The Morgan fingerprint density at radius 1 is 1.04 bits per heavy atom. The molecule has 4 rings (SSSR count). The zero-order valence-corrected chi connectivity index (χ0v) is 15.9. The molecule has 4 heteroatoms. The van der Waals surface area contributed by atoms with Crippen LogP contribution in [0.25, 0.3) is 32.9 Å². The molecule has 0 unspecified atom stereocenters. The van der Waals surface area contributed by atoms with Crippen molar-refractivity contribution in [3.8, 4) is 23.6 Å². The number of halogens is 1. The second kappa shape index (κ2) is 7.22. The highest BCUT2D eigenvalue weighted by molar-refractivity contribution is 9.10. The van der Waals surface area contributed by atoms with Crippen molar-refractivity contribution in [2.24, 2.45) is 0 Å². The molecular weight excluding hydrogens is 402 g/mol. The van der Waals surface area contributed by atoms with Gasteiger partial charge in [-0.15, -0.1) is 6.42 Å². The zero-order valence-electron chi connectivity index (χ0n) is 14.3. The molecular formula is C23H14BrNO2. The van der Waals surface area contributed by atoms with E-state index in [-0.39, 0.29) is 6.61 Å². The minimum atomic E-state index is -0.458. The van der Waals surface area contributed by atoms with Gasteiger partial charge in [-0.1, -0.05) is 58.2 Å². The number of carbonyl (C=O) groups is 1. The van der Waals surface area contributed by atoms with Gasteiger partial charge in [-0.3, -0.25) is 0 Å². The molecule has 0 aliphatic heterocycles. The smallest absolute Gasteiger partial charge is 0.339 e. The van der Waals surface area contributed by atoms with E-state index in [9.17, 15) is 4.79 Å². The standard InChI is InChI=1S/C23H14BrNO2/c1-2-11-27-23(26)20-14-22(25-21-10-9-18(24)13-19(20)21)17-8-7-15-5-3-4-6-16(15)12-17/h1,3-10,12-14H,11H2. The number of esters is 1. The molecule has 0 atom stereocenters. The van der Waals surface area contributed by atoms with Gasteiger partial charge in [0.25, 0.3) is 0 Å². The fourth-order valence-corrected chi connectivity index (χ4v) is 3.41. The van der Waals surface area contributed by atoms with E-state index in [1.807, 2.05) is 36.4 Å². The lowest BCUT2D eigenvalue weighted by Crippen LogP contribution is -2.07. The molecule has 0 aliphatic rings. The van der Waals surface area contributed by atoms with Gasteiger partial charge in [0.2, 0.25) is 0 Å². The summed E-state index contributed by atoms with van der Waals surface area (Å²) >= 11 is 3.45. The van der Waals surface area contributed by atoms with Gasteiger partial charge in [0.1, 0.15) is 0 Å². The molecule has 0 amide bonds. The topological polar surface area (TPSA) is 39.2 Å². The van der Waals surface area contributed by atoms with E-state index in [0.717, 1.165) is 31.7 Å². The number of nitrogens with zero attached hydrogens (tertiary/aromatic N) is 1. The molecule has 0 fully saturated rings. The maximum absolute atomic E-state index is 12.6. The van der Waals surface area contributed by atoms with Gasteiger partial charge >= 0.3 is 5.97 Å². The summed E-state index contributed by atoms with van der Waals surface area (Å²) in [4.78, 5) is 17.3. The van der Waals surface area contributed by atoms with Crippen molar-refractivity contribution in [3.63, 3.8) is 0 Å². The highest BCUT2D eigenvalue weighted by atomic mass is 79.9. The molecule has 0 saturated heterocycles. The van der Waals surface area contributed by atoms with Crippen LogP contribution < -0.4 is 0 Å². The third kappa shape index (κ3) is 3.42. The largest absolute Gasteiger partial charge is 0.449 e. The molecule has 4 aromatic rings. The summed E-state index contributed by atoms with van der Waals surface area (Å²) in [6, 6.07) is 21.6. The van der Waals surface area contributed by atoms with E-state index >= 15 is 0 Å². The van der Waals surface area contributed by atoms with Gasteiger partial charge in [0.05, 0.1) is 16.8 Å². The van der Waals surface area contributed by atoms with Crippen LogP contribution in [0.3, 0.4) is 0 Å². The molecule has 3 aromatic carbocycles. The molecule has 0 radical (unpaired) electrons. The van der Waals surface area contributed by atoms with Crippen LogP contribution in [0, 0.1) is 12.3 Å². The lowest BCUT2D eigenvalue weighted by molar-refractivity contribution is 0.0559. The van der Waals surface area contributed by atoms with Crippen molar-refractivity contribution in [1.29, 1.82) is 0 Å². The minimum absolute atomic E-state index is 0.0675. The fraction of sp³-hybridized carbons (Fsp3) is 0.0435. The van der Waals surface area contributed by atoms with Gasteiger partial charge in [-0.25, -0.2) is 9.78 Å².